The Kier molecular flexibility index (Phi) is 3.77. The normalized spacial score (nSPS) is 21.5. The predicted octanol–water partition coefficient (Wildman–Crippen LogP) is 4.24. The molecule has 2 aromatic rings. The molecule has 0 amide bonds. The fraction of sp³-hybridized carbons (Fsp3) is 0.176. The maximum absolute atomic E-state index is 9.80. The van der Waals surface area contributed by atoms with Crippen molar-refractivity contribution < 1.29 is 9.84 Å². The van der Waals surface area contributed by atoms with Crippen molar-refractivity contribution in [3.05, 3.63) is 70.8 Å². The summed E-state index contributed by atoms with van der Waals surface area (Å²) in [7, 11) is 0. The van der Waals surface area contributed by atoms with Crippen molar-refractivity contribution in [3.63, 3.8) is 0 Å². The van der Waals surface area contributed by atoms with Crippen LogP contribution in [-0.2, 0) is 0 Å². The summed E-state index contributed by atoms with van der Waals surface area (Å²) < 4.78 is 5.43. The molecule has 102 valence electrons. The summed E-state index contributed by atoms with van der Waals surface area (Å²) in [4.78, 5) is 0. The Hall–Kier alpha value is -1.77. The second-order valence-corrected chi connectivity index (χ2v) is 5.30. The maximum atomic E-state index is 9.80. The van der Waals surface area contributed by atoms with Gasteiger partial charge in [0.15, 0.2) is 6.29 Å². The van der Waals surface area contributed by atoms with Gasteiger partial charge >= 0.3 is 0 Å². The fourth-order valence-electron chi connectivity index (χ4n) is 2.43. The van der Waals surface area contributed by atoms with E-state index < -0.39 is 6.29 Å². The van der Waals surface area contributed by atoms with E-state index in [2.05, 4.69) is 12.2 Å². The van der Waals surface area contributed by atoms with Crippen LogP contribution in [0.25, 0.3) is 6.08 Å². The lowest BCUT2D eigenvalue weighted by Crippen LogP contribution is -2.24. The van der Waals surface area contributed by atoms with E-state index in [1.807, 2.05) is 42.5 Å². The van der Waals surface area contributed by atoms with Crippen molar-refractivity contribution >= 4 is 17.7 Å². The first-order chi connectivity index (χ1) is 9.72. The SMILES string of the molecule is OC1CC(/C=C/c2ccccc2)c2cc(Cl)ccc2O1. The molecule has 1 heterocycles. The quantitative estimate of drug-likeness (QED) is 0.895. The molecule has 0 saturated heterocycles. The second-order valence-electron chi connectivity index (χ2n) is 4.87. The van der Waals surface area contributed by atoms with E-state index in [1.54, 1.807) is 6.07 Å². The summed E-state index contributed by atoms with van der Waals surface area (Å²) in [6, 6.07) is 15.6. The van der Waals surface area contributed by atoms with Crippen molar-refractivity contribution in [3.8, 4) is 5.75 Å². The van der Waals surface area contributed by atoms with Gasteiger partial charge in [-0.05, 0) is 23.8 Å². The number of rotatable bonds is 2. The Morgan fingerprint density at radius 2 is 1.95 bits per heavy atom. The molecule has 1 aliphatic rings. The Balaban J connectivity index is 1.91. The number of ether oxygens (including phenoxy) is 1. The summed E-state index contributed by atoms with van der Waals surface area (Å²) in [6.07, 6.45) is 3.93. The Labute approximate surface area is 123 Å². The molecule has 1 aliphatic heterocycles. The average molecular weight is 287 g/mol. The number of halogens is 1. The minimum Gasteiger partial charge on any atom is -0.465 e. The van der Waals surface area contributed by atoms with Crippen LogP contribution in [0.3, 0.4) is 0 Å². The molecule has 0 fully saturated rings. The van der Waals surface area contributed by atoms with Crippen LogP contribution in [0.15, 0.2) is 54.6 Å². The van der Waals surface area contributed by atoms with Crippen molar-refractivity contribution in [1.29, 1.82) is 0 Å². The van der Waals surface area contributed by atoms with Crippen LogP contribution >= 0.6 is 11.6 Å². The standard InChI is InChI=1S/C17H15ClO2/c18-14-8-9-16-15(11-14)13(10-17(19)20-16)7-6-12-4-2-1-3-5-12/h1-9,11,13,17,19H,10H2/b7-6+. The summed E-state index contributed by atoms with van der Waals surface area (Å²) in [5, 5.41) is 10.5. The Morgan fingerprint density at radius 3 is 2.75 bits per heavy atom. The molecule has 20 heavy (non-hydrogen) atoms. The van der Waals surface area contributed by atoms with E-state index >= 15 is 0 Å². The summed E-state index contributed by atoms with van der Waals surface area (Å²) in [6.45, 7) is 0. The van der Waals surface area contributed by atoms with Gasteiger partial charge in [0.2, 0.25) is 0 Å². The van der Waals surface area contributed by atoms with Gasteiger partial charge in [0.1, 0.15) is 5.75 Å². The van der Waals surface area contributed by atoms with E-state index in [-0.39, 0.29) is 5.92 Å². The van der Waals surface area contributed by atoms with Gasteiger partial charge in [-0.25, -0.2) is 0 Å². The first-order valence-electron chi connectivity index (χ1n) is 6.60. The molecule has 3 heteroatoms. The van der Waals surface area contributed by atoms with Gasteiger partial charge in [-0.3, -0.25) is 0 Å². The fourth-order valence-corrected chi connectivity index (χ4v) is 2.61. The largest absolute Gasteiger partial charge is 0.465 e. The molecule has 2 nitrogen and oxygen atoms in total. The molecule has 2 aromatic carbocycles. The zero-order valence-corrected chi connectivity index (χ0v) is 11.6. The average Bonchev–Trinajstić information content (AvgIpc) is 2.46. The highest BCUT2D eigenvalue weighted by molar-refractivity contribution is 6.30. The van der Waals surface area contributed by atoms with Crippen LogP contribution in [-0.4, -0.2) is 11.4 Å². The van der Waals surface area contributed by atoms with Crippen molar-refractivity contribution in [2.75, 3.05) is 0 Å². The first-order valence-corrected chi connectivity index (χ1v) is 6.97. The number of benzene rings is 2. The Morgan fingerprint density at radius 1 is 1.15 bits per heavy atom. The molecule has 3 rings (SSSR count). The zero-order valence-electron chi connectivity index (χ0n) is 10.9. The lowest BCUT2D eigenvalue weighted by molar-refractivity contribution is -0.0352. The molecule has 0 aromatic heterocycles. The highest BCUT2D eigenvalue weighted by atomic mass is 35.5. The van der Waals surface area contributed by atoms with Crippen LogP contribution in [0, 0.1) is 0 Å². The number of hydrogen-bond donors (Lipinski definition) is 1. The molecule has 0 aliphatic carbocycles. The van der Waals surface area contributed by atoms with Gasteiger partial charge in [-0.1, -0.05) is 54.1 Å². The lowest BCUT2D eigenvalue weighted by atomic mass is 9.91. The molecular weight excluding hydrogens is 272 g/mol. The maximum Gasteiger partial charge on any atom is 0.198 e. The minimum atomic E-state index is -0.769. The minimum absolute atomic E-state index is 0.104. The van der Waals surface area contributed by atoms with Crippen molar-refractivity contribution in [1.82, 2.24) is 0 Å². The summed E-state index contributed by atoms with van der Waals surface area (Å²) in [5.74, 6) is 0.809. The van der Waals surface area contributed by atoms with E-state index in [1.165, 1.54) is 0 Å². The molecule has 0 radical (unpaired) electrons. The van der Waals surface area contributed by atoms with Gasteiger partial charge in [0.25, 0.3) is 0 Å². The third kappa shape index (κ3) is 2.87. The van der Waals surface area contributed by atoms with Crippen molar-refractivity contribution in [2.45, 2.75) is 18.6 Å². The van der Waals surface area contributed by atoms with Crippen LogP contribution < -0.4 is 4.74 Å². The van der Waals surface area contributed by atoms with Crippen molar-refractivity contribution in [2.24, 2.45) is 0 Å². The molecule has 0 saturated carbocycles. The molecular formula is C17H15ClO2. The monoisotopic (exact) mass is 286 g/mol. The van der Waals surface area contributed by atoms with Gasteiger partial charge in [-0.15, -0.1) is 0 Å². The van der Waals surface area contributed by atoms with Crippen LogP contribution in [0.2, 0.25) is 5.02 Å². The smallest absolute Gasteiger partial charge is 0.198 e. The van der Waals surface area contributed by atoms with Crippen LogP contribution in [0.1, 0.15) is 23.5 Å². The lowest BCUT2D eigenvalue weighted by Gasteiger charge is -2.27. The van der Waals surface area contributed by atoms with Gasteiger partial charge in [0, 0.05) is 22.9 Å². The van der Waals surface area contributed by atoms with E-state index in [9.17, 15) is 5.11 Å². The van der Waals surface area contributed by atoms with Crippen LogP contribution in [0.4, 0.5) is 0 Å². The predicted molar refractivity (Wildman–Crippen MR) is 80.9 cm³/mol. The third-order valence-electron chi connectivity index (χ3n) is 3.41. The molecule has 2 atom stereocenters. The van der Waals surface area contributed by atoms with Gasteiger partial charge < -0.3 is 9.84 Å². The van der Waals surface area contributed by atoms with E-state index in [0.717, 1.165) is 11.1 Å². The summed E-state index contributed by atoms with van der Waals surface area (Å²) >= 11 is 6.05. The van der Waals surface area contributed by atoms with Crippen LogP contribution in [0.5, 0.6) is 5.75 Å². The number of fused-ring (bicyclic) bond motifs is 1. The molecule has 1 N–H and O–H groups in total. The molecule has 2 unspecified atom stereocenters. The number of aliphatic hydroxyl groups is 1. The first kappa shape index (κ1) is 13.2. The molecule has 0 spiro atoms. The highest BCUT2D eigenvalue weighted by Crippen LogP contribution is 2.38. The van der Waals surface area contributed by atoms with E-state index in [0.29, 0.717) is 17.2 Å². The summed E-state index contributed by atoms with van der Waals surface area (Å²) in [5.41, 5.74) is 2.16. The number of allylic oxidation sites excluding steroid dienone is 1. The van der Waals surface area contributed by atoms with E-state index in [4.69, 9.17) is 16.3 Å². The number of aliphatic hydroxyl groups excluding tert-OH is 1. The topological polar surface area (TPSA) is 29.5 Å². The zero-order chi connectivity index (χ0) is 13.9. The van der Waals surface area contributed by atoms with Gasteiger partial charge in [0.05, 0.1) is 0 Å². The molecule has 0 bridgehead atoms. The number of hydrogen-bond acceptors (Lipinski definition) is 2. The Bertz CT molecular complexity index is 622. The van der Waals surface area contributed by atoms with Gasteiger partial charge in [-0.2, -0.15) is 0 Å². The third-order valence-corrected chi connectivity index (χ3v) is 3.65. The highest BCUT2D eigenvalue weighted by Gasteiger charge is 2.25. The second kappa shape index (κ2) is 5.70.